The van der Waals surface area contributed by atoms with E-state index in [-0.39, 0.29) is 5.90 Å². The average molecular weight is 368 g/mol. The number of pyridine rings is 1. The number of nitrogens with one attached hydrogen (secondary N) is 1. The highest BCUT2D eigenvalue weighted by atomic mass is 32.2. The second-order valence-corrected chi connectivity index (χ2v) is 8.00. The molecular formula is C20H19N2OS2+. The average Bonchev–Trinajstić information content (AvgIpc) is 3.29. The fourth-order valence-corrected chi connectivity index (χ4v) is 5.07. The van der Waals surface area contributed by atoms with Crippen molar-refractivity contribution in [1.82, 2.24) is 4.98 Å². The van der Waals surface area contributed by atoms with Gasteiger partial charge in [-0.1, -0.05) is 6.07 Å². The Morgan fingerprint density at radius 1 is 1.12 bits per heavy atom. The first-order valence-corrected chi connectivity index (χ1v) is 10.2. The minimum atomic E-state index is 0.227. The molecule has 0 saturated heterocycles. The van der Waals surface area contributed by atoms with E-state index < -0.39 is 0 Å². The summed E-state index contributed by atoms with van der Waals surface area (Å²) in [6.07, 6.45) is 7.16. The van der Waals surface area contributed by atoms with E-state index in [1.54, 1.807) is 23.1 Å². The number of aliphatic hydroxyl groups is 1. The van der Waals surface area contributed by atoms with Gasteiger partial charge in [-0.05, 0) is 59.5 Å². The molecule has 0 amide bonds. The summed E-state index contributed by atoms with van der Waals surface area (Å²) in [5.74, 6) is 1.09. The first-order chi connectivity index (χ1) is 12.3. The van der Waals surface area contributed by atoms with Crippen LogP contribution in [0, 0.1) is 0 Å². The second-order valence-electron chi connectivity index (χ2n) is 6.07. The number of hydrogen-bond donors (Lipinski definition) is 2. The zero-order valence-corrected chi connectivity index (χ0v) is 15.4. The smallest absolute Gasteiger partial charge is 0.383 e. The van der Waals surface area contributed by atoms with E-state index in [9.17, 15) is 5.11 Å². The molecule has 25 heavy (non-hydrogen) atoms. The van der Waals surface area contributed by atoms with Crippen molar-refractivity contribution in [2.24, 2.45) is 0 Å². The fourth-order valence-electron chi connectivity index (χ4n) is 3.07. The van der Waals surface area contributed by atoms with Gasteiger partial charge in [-0.15, -0.1) is 23.1 Å². The third kappa shape index (κ3) is 3.78. The van der Waals surface area contributed by atoms with Gasteiger partial charge in [-0.25, -0.2) is 0 Å². The van der Waals surface area contributed by atoms with Crippen LogP contribution >= 0.6 is 23.1 Å². The highest BCUT2D eigenvalue weighted by molar-refractivity contribution is 7.98. The number of thiophene rings is 1. The summed E-state index contributed by atoms with van der Waals surface area (Å²) in [5.41, 5.74) is 5.02. The van der Waals surface area contributed by atoms with E-state index in [0.717, 1.165) is 27.6 Å². The maximum Gasteiger partial charge on any atom is 0.383 e. The van der Waals surface area contributed by atoms with Crippen molar-refractivity contribution in [3.8, 4) is 0 Å². The molecule has 1 aliphatic carbocycles. The molecular weight excluding hydrogens is 348 g/mol. The predicted molar refractivity (Wildman–Crippen MR) is 104 cm³/mol. The maximum atomic E-state index is 10.6. The lowest BCUT2D eigenvalue weighted by molar-refractivity contribution is -0.364. The Balaban J connectivity index is 1.52. The number of nitrogens with zero attached hydrogens (tertiary/aromatic N) is 1. The Morgan fingerprint density at radius 2 is 1.96 bits per heavy atom. The highest BCUT2D eigenvalue weighted by Gasteiger charge is 2.18. The van der Waals surface area contributed by atoms with Crippen molar-refractivity contribution in [3.63, 3.8) is 0 Å². The summed E-state index contributed by atoms with van der Waals surface area (Å²) in [5, 5.41) is 12.6. The SMILES string of the molecule is OC(=[NH+]c1ccc2c(c1)CCC2)c1sccc1SCc1ccncc1. The van der Waals surface area contributed by atoms with Gasteiger partial charge in [0.1, 0.15) is 0 Å². The van der Waals surface area contributed by atoms with Gasteiger partial charge < -0.3 is 5.11 Å². The summed E-state index contributed by atoms with van der Waals surface area (Å²) in [7, 11) is 0. The van der Waals surface area contributed by atoms with E-state index in [4.69, 9.17) is 0 Å². The van der Waals surface area contributed by atoms with Gasteiger partial charge in [0.25, 0.3) is 0 Å². The molecule has 0 unspecified atom stereocenters. The highest BCUT2D eigenvalue weighted by Crippen LogP contribution is 2.29. The molecule has 0 atom stereocenters. The lowest BCUT2D eigenvalue weighted by Gasteiger charge is -2.01. The number of fused-ring (bicyclic) bond motifs is 1. The molecule has 3 aromatic rings. The Labute approximate surface area is 155 Å². The number of thioether (sulfide) groups is 1. The van der Waals surface area contributed by atoms with Crippen LogP contribution in [0.3, 0.4) is 0 Å². The lowest BCUT2D eigenvalue weighted by Crippen LogP contribution is -2.66. The number of benzene rings is 1. The van der Waals surface area contributed by atoms with Crippen LogP contribution in [-0.2, 0) is 18.6 Å². The van der Waals surface area contributed by atoms with Gasteiger partial charge in [0.2, 0.25) is 5.69 Å². The molecule has 0 aliphatic heterocycles. The zero-order valence-electron chi connectivity index (χ0n) is 13.7. The normalized spacial score (nSPS) is 13.8. The topological polar surface area (TPSA) is 47.1 Å². The van der Waals surface area contributed by atoms with Crippen LogP contribution in [0.4, 0.5) is 5.69 Å². The van der Waals surface area contributed by atoms with Crippen LogP contribution in [0.25, 0.3) is 0 Å². The molecule has 0 fully saturated rings. The van der Waals surface area contributed by atoms with E-state index in [2.05, 4.69) is 34.2 Å². The van der Waals surface area contributed by atoms with E-state index >= 15 is 0 Å². The summed E-state index contributed by atoms with van der Waals surface area (Å²) in [6, 6.07) is 12.5. The third-order valence-electron chi connectivity index (χ3n) is 4.35. The van der Waals surface area contributed by atoms with Crippen LogP contribution in [0.1, 0.15) is 28.0 Å². The summed E-state index contributed by atoms with van der Waals surface area (Å²) in [4.78, 5) is 9.20. The Hall–Kier alpha value is -2.11. The molecule has 2 heterocycles. The fraction of sp³-hybridized carbons (Fsp3) is 0.200. The summed E-state index contributed by atoms with van der Waals surface area (Å²) in [6.45, 7) is 0. The number of aryl methyl sites for hydroxylation is 2. The van der Waals surface area contributed by atoms with Gasteiger partial charge in [0, 0.05) is 35.2 Å². The second kappa shape index (κ2) is 7.42. The molecule has 126 valence electrons. The minimum Gasteiger partial charge on any atom is -0.459 e. The Morgan fingerprint density at radius 3 is 2.84 bits per heavy atom. The van der Waals surface area contributed by atoms with Gasteiger partial charge in [-0.2, -0.15) is 4.99 Å². The number of aliphatic hydroxyl groups excluding tert-OH is 1. The first kappa shape index (κ1) is 16.4. The van der Waals surface area contributed by atoms with Gasteiger partial charge in [-0.3, -0.25) is 4.98 Å². The molecule has 0 saturated carbocycles. The largest absolute Gasteiger partial charge is 0.459 e. The monoisotopic (exact) mass is 367 g/mol. The lowest BCUT2D eigenvalue weighted by atomic mass is 10.1. The molecule has 0 bridgehead atoms. The Bertz CT molecular complexity index is 903. The standard InChI is InChI=1S/C20H18N2OS2/c23-20(22-17-5-4-15-2-1-3-16(15)12-17)19-18(8-11-24-19)25-13-14-6-9-21-10-7-14/h4-12H,1-3,13H2,(H,22,23)/p+1. The number of aromatic nitrogens is 1. The van der Waals surface area contributed by atoms with E-state index in [1.165, 1.54) is 29.5 Å². The minimum absolute atomic E-state index is 0.227. The van der Waals surface area contributed by atoms with Crippen LogP contribution in [0.2, 0.25) is 0 Å². The third-order valence-corrected chi connectivity index (χ3v) is 6.53. The summed E-state index contributed by atoms with van der Waals surface area (Å²) >= 11 is 3.28. The molecule has 0 spiro atoms. The van der Waals surface area contributed by atoms with Gasteiger partial charge >= 0.3 is 5.90 Å². The molecule has 4 rings (SSSR count). The van der Waals surface area contributed by atoms with Gasteiger partial charge in [0.05, 0.1) is 0 Å². The van der Waals surface area contributed by atoms with Crippen LogP contribution in [0.5, 0.6) is 0 Å². The zero-order chi connectivity index (χ0) is 17.1. The summed E-state index contributed by atoms with van der Waals surface area (Å²) < 4.78 is 0. The van der Waals surface area contributed by atoms with Crippen molar-refractivity contribution in [1.29, 1.82) is 0 Å². The van der Waals surface area contributed by atoms with Gasteiger partial charge in [0.15, 0.2) is 4.88 Å². The van der Waals surface area contributed by atoms with E-state index in [1.807, 2.05) is 29.9 Å². The quantitative estimate of drug-likeness (QED) is 0.411. The van der Waals surface area contributed by atoms with Crippen molar-refractivity contribution in [2.45, 2.75) is 29.9 Å². The molecule has 1 aromatic carbocycles. The molecule has 2 N–H and O–H groups in total. The van der Waals surface area contributed by atoms with Crippen molar-refractivity contribution in [2.75, 3.05) is 0 Å². The van der Waals surface area contributed by atoms with E-state index in [0.29, 0.717) is 0 Å². The first-order valence-electron chi connectivity index (χ1n) is 8.34. The maximum absolute atomic E-state index is 10.6. The van der Waals surface area contributed by atoms with Crippen LogP contribution in [0.15, 0.2) is 59.1 Å². The predicted octanol–water partition coefficient (Wildman–Crippen LogP) is 3.64. The number of hydrogen-bond acceptors (Lipinski definition) is 3. The van der Waals surface area contributed by atoms with Crippen molar-refractivity contribution < 1.29 is 10.1 Å². The Kier molecular flexibility index (Phi) is 4.85. The van der Waals surface area contributed by atoms with Crippen molar-refractivity contribution in [3.05, 3.63) is 75.7 Å². The molecule has 0 radical (unpaired) electrons. The van der Waals surface area contributed by atoms with Crippen molar-refractivity contribution >= 4 is 34.7 Å². The van der Waals surface area contributed by atoms with Crippen LogP contribution < -0.4 is 4.99 Å². The van der Waals surface area contributed by atoms with Crippen LogP contribution in [-0.4, -0.2) is 16.0 Å². The molecule has 5 heteroatoms. The molecule has 1 aliphatic rings. The molecule has 3 nitrogen and oxygen atoms in total. The molecule has 2 aromatic heterocycles. The number of rotatable bonds is 5.